The van der Waals surface area contributed by atoms with Crippen molar-refractivity contribution in [3.63, 3.8) is 0 Å². The van der Waals surface area contributed by atoms with Crippen molar-refractivity contribution in [3.8, 4) is 11.5 Å². The van der Waals surface area contributed by atoms with E-state index in [1.807, 2.05) is 31.2 Å². The van der Waals surface area contributed by atoms with Gasteiger partial charge in [-0.05, 0) is 40.5 Å². The highest BCUT2D eigenvalue weighted by Crippen LogP contribution is 2.37. The monoisotopic (exact) mass is 348 g/mol. The van der Waals surface area contributed by atoms with Gasteiger partial charge in [0.1, 0.15) is 16.0 Å². The Morgan fingerprint density at radius 2 is 1.71 bits per heavy atom. The number of hydrogen-bond acceptors (Lipinski definition) is 3. The molecule has 0 unspecified atom stereocenters. The zero-order chi connectivity index (χ0) is 15.4. The minimum Gasteiger partial charge on any atom is -0.495 e. The highest BCUT2D eigenvalue weighted by atomic mass is 79.9. The second-order valence-corrected chi connectivity index (χ2v) is 5.54. The first-order valence-corrected chi connectivity index (χ1v) is 7.35. The SMILES string of the molecule is COc1ccc(C(=O)Cc2ccc(C)cc2)c(OC)c1Br. The Balaban J connectivity index is 2.30. The number of carbonyl (C=O) groups excluding carboxylic acids is 1. The van der Waals surface area contributed by atoms with Gasteiger partial charge in [0.2, 0.25) is 0 Å². The Bertz CT molecular complexity index is 648. The van der Waals surface area contributed by atoms with Crippen molar-refractivity contribution in [2.75, 3.05) is 14.2 Å². The molecule has 0 saturated carbocycles. The van der Waals surface area contributed by atoms with E-state index in [2.05, 4.69) is 15.9 Å². The summed E-state index contributed by atoms with van der Waals surface area (Å²) in [5.74, 6) is 1.16. The normalized spacial score (nSPS) is 10.3. The number of ketones is 1. The van der Waals surface area contributed by atoms with Crippen LogP contribution in [-0.4, -0.2) is 20.0 Å². The molecule has 2 aromatic carbocycles. The van der Waals surface area contributed by atoms with Crippen LogP contribution < -0.4 is 9.47 Å². The summed E-state index contributed by atoms with van der Waals surface area (Å²) in [4.78, 5) is 12.5. The summed E-state index contributed by atoms with van der Waals surface area (Å²) in [5, 5.41) is 0. The number of halogens is 1. The summed E-state index contributed by atoms with van der Waals surface area (Å²) in [6.45, 7) is 2.02. The van der Waals surface area contributed by atoms with Gasteiger partial charge in [-0.2, -0.15) is 0 Å². The maximum atomic E-state index is 12.5. The van der Waals surface area contributed by atoms with Crippen LogP contribution in [0.4, 0.5) is 0 Å². The zero-order valence-corrected chi connectivity index (χ0v) is 13.9. The van der Waals surface area contributed by atoms with Crippen molar-refractivity contribution in [1.29, 1.82) is 0 Å². The summed E-state index contributed by atoms with van der Waals surface area (Å²) in [6, 6.07) is 11.4. The van der Waals surface area contributed by atoms with E-state index in [0.717, 1.165) is 5.56 Å². The molecular weight excluding hydrogens is 332 g/mol. The molecule has 110 valence electrons. The molecule has 0 radical (unpaired) electrons. The molecule has 0 atom stereocenters. The lowest BCUT2D eigenvalue weighted by Gasteiger charge is -2.12. The van der Waals surface area contributed by atoms with Crippen LogP contribution in [-0.2, 0) is 6.42 Å². The number of methoxy groups -OCH3 is 2. The number of rotatable bonds is 5. The summed E-state index contributed by atoms with van der Waals surface area (Å²) in [7, 11) is 3.12. The van der Waals surface area contributed by atoms with E-state index in [-0.39, 0.29) is 5.78 Å². The van der Waals surface area contributed by atoms with Gasteiger partial charge in [0.25, 0.3) is 0 Å². The molecule has 2 aromatic rings. The molecule has 3 nitrogen and oxygen atoms in total. The van der Waals surface area contributed by atoms with Crippen LogP contribution >= 0.6 is 15.9 Å². The van der Waals surface area contributed by atoms with Crippen LogP contribution in [0.1, 0.15) is 21.5 Å². The second kappa shape index (κ2) is 6.76. The highest BCUT2D eigenvalue weighted by molar-refractivity contribution is 9.10. The van der Waals surface area contributed by atoms with E-state index >= 15 is 0 Å². The van der Waals surface area contributed by atoms with Gasteiger partial charge >= 0.3 is 0 Å². The molecule has 0 aliphatic carbocycles. The first-order chi connectivity index (χ1) is 10.1. The summed E-state index contributed by atoms with van der Waals surface area (Å²) < 4.78 is 11.2. The number of hydrogen-bond donors (Lipinski definition) is 0. The third-order valence-corrected chi connectivity index (χ3v) is 4.02. The standard InChI is InChI=1S/C17H17BrO3/c1-11-4-6-12(7-5-11)10-14(19)13-8-9-15(20-2)16(18)17(13)21-3/h4-9H,10H2,1-3H3. The smallest absolute Gasteiger partial charge is 0.171 e. The van der Waals surface area contributed by atoms with Crippen LogP contribution in [0.3, 0.4) is 0 Å². The molecule has 0 heterocycles. The Labute approximate surface area is 133 Å². The molecule has 0 fully saturated rings. The van der Waals surface area contributed by atoms with Gasteiger partial charge in [-0.25, -0.2) is 0 Å². The minimum absolute atomic E-state index is 0.0130. The topological polar surface area (TPSA) is 35.5 Å². The van der Waals surface area contributed by atoms with Crippen molar-refractivity contribution < 1.29 is 14.3 Å². The van der Waals surface area contributed by atoms with Crippen LogP contribution in [0.5, 0.6) is 11.5 Å². The molecule has 0 aliphatic heterocycles. The molecule has 0 aliphatic rings. The molecule has 0 aromatic heterocycles. The fraction of sp³-hybridized carbons (Fsp3) is 0.235. The van der Waals surface area contributed by atoms with E-state index in [4.69, 9.17) is 9.47 Å². The summed E-state index contributed by atoms with van der Waals surface area (Å²) in [6.07, 6.45) is 0.343. The molecule has 0 N–H and O–H groups in total. The molecule has 0 spiro atoms. The predicted molar refractivity (Wildman–Crippen MR) is 86.5 cm³/mol. The Hall–Kier alpha value is -1.81. The fourth-order valence-corrected chi connectivity index (χ4v) is 2.77. The Kier molecular flexibility index (Phi) is 5.02. The van der Waals surface area contributed by atoms with E-state index in [0.29, 0.717) is 28.0 Å². The average molecular weight is 349 g/mol. The second-order valence-electron chi connectivity index (χ2n) is 4.75. The predicted octanol–water partition coefficient (Wildman–Crippen LogP) is 4.20. The third-order valence-electron chi connectivity index (χ3n) is 3.27. The van der Waals surface area contributed by atoms with Crippen molar-refractivity contribution in [2.24, 2.45) is 0 Å². The van der Waals surface area contributed by atoms with E-state index in [9.17, 15) is 4.79 Å². The van der Waals surface area contributed by atoms with Crippen molar-refractivity contribution in [2.45, 2.75) is 13.3 Å². The first kappa shape index (κ1) is 15.6. The van der Waals surface area contributed by atoms with Crippen LogP contribution in [0.2, 0.25) is 0 Å². The number of aryl methyl sites for hydroxylation is 1. The van der Waals surface area contributed by atoms with E-state index < -0.39 is 0 Å². The van der Waals surface area contributed by atoms with Gasteiger partial charge in [-0.1, -0.05) is 29.8 Å². The lowest BCUT2D eigenvalue weighted by molar-refractivity contribution is 0.0990. The number of ether oxygens (including phenoxy) is 2. The maximum absolute atomic E-state index is 12.5. The largest absolute Gasteiger partial charge is 0.495 e. The zero-order valence-electron chi connectivity index (χ0n) is 12.3. The molecule has 21 heavy (non-hydrogen) atoms. The number of Topliss-reactive ketones (excluding diaryl/α,β-unsaturated/α-hetero) is 1. The molecule has 2 rings (SSSR count). The van der Waals surface area contributed by atoms with Gasteiger partial charge in [-0.15, -0.1) is 0 Å². The molecule has 0 amide bonds. The van der Waals surface area contributed by atoms with Gasteiger partial charge in [0, 0.05) is 6.42 Å². The first-order valence-electron chi connectivity index (χ1n) is 6.56. The van der Waals surface area contributed by atoms with Gasteiger partial charge in [-0.3, -0.25) is 4.79 Å². The summed E-state index contributed by atoms with van der Waals surface area (Å²) in [5.41, 5.74) is 2.71. The lowest BCUT2D eigenvalue weighted by atomic mass is 10.0. The molecule has 0 saturated heterocycles. The molecule has 0 bridgehead atoms. The van der Waals surface area contributed by atoms with Crippen LogP contribution in [0.15, 0.2) is 40.9 Å². The van der Waals surface area contributed by atoms with Crippen LogP contribution in [0.25, 0.3) is 0 Å². The van der Waals surface area contributed by atoms with Crippen molar-refractivity contribution in [1.82, 2.24) is 0 Å². The van der Waals surface area contributed by atoms with Crippen molar-refractivity contribution >= 4 is 21.7 Å². The average Bonchev–Trinajstić information content (AvgIpc) is 2.49. The Morgan fingerprint density at radius 1 is 1.05 bits per heavy atom. The van der Waals surface area contributed by atoms with Crippen LogP contribution in [0, 0.1) is 6.92 Å². The van der Waals surface area contributed by atoms with E-state index in [1.54, 1.807) is 26.4 Å². The minimum atomic E-state index is 0.0130. The number of carbonyl (C=O) groups is 1. The fourth-order valence-electron chi connectivity index (χ4n) is 2.10. The Morgan fingerprint density at radius 3 is 2.29 bits per heavy atom. The highest BCUT2D eigenvalue weighted by Gasteiger charge is 2.18. The lowest BCUT2D eigenvalue weighted by Crippen LogP contribution is -2.06. The van der Waals surface area contributed by atoms with E-state index in [1.165, 1.54) is 5.56 Å². The quantitative estimate of drug-likeness (QED) is 0.759. The van der Waals surface area contributed by atoms with Crippen molar-refractivity contribution in [3.05, 3.63) is 57.6 Å². The van der Waals surface area contributed by atoms with Gasteiger partial charge in [0.05, 0.1) is 19.8 Å². The number of benzene rings is 2. The summed E-state index contributed by atoms with van der Waals surface area (Å²) >= 11 is 3.41. The third kappa shape index (κ3) is 3.45. The molecular formula is C17H17BrO3. The maximum Gasteiger partial charge on any atom is 0.171 e. The van der Waals surface area contributed by atoms with Gasteiger partial charge < -0.3 is 9.47 Å². The van der Waals surface area contributed by atoms with Gasteiger partial charge in [0.15, 0.2) is 5.78 Å². The molecule has 4 heteroatoms.